The maximum absolute atomic E-state index is 11.8. The molecule has 25 heavy (non-hydrogen) atoms. The lowest BCUT2D eigenvalue weighted by Gasteiger charge is -2.09. The van der Waals surface area contributed by atoms with Crippen LogP contribution in [0.15, 0.2) is 35.4 Å². The first-order valence-electron chi connectivity index (χ1n) is 7.45. The fraction of sp³-hybridized carbons (Fsp3) is 0.222. The third-order valence-corrected chi connectivity index (χ3v) is 4.80. The molecular formula is C18H18ClIN2O3. The van der Waals surface area contributed by atoms with Crippen LogP contribution in [-0.4, -0.2) is 25.8 Å². The summed E-state index contributed by atoms with van der Waals surface area (Å²) >= 11 is 8.28. The van der Waals surface area contributed by atoms with Crippen LogP contribution >= 0.6 is 34.2 Å². The second kappa shape index (κ2) is 9.05. The van der Waals surface area contributed by atoms with Gasteiger partial charge < -0.3 is 9.47 Å². The molecule has 0 unspecified atom stereocenters. The van der Waals surface area contributed by atoms with Crippen molar-refractivity contribution in [1.29, 1.82) is 0 Å². The van der Waals surface area contributed by atoms with Crippen molar-refractivity contribution in [2.45, 2.75) is 13.8 Å². The maximum Gasteiger partial charge on any atom is 0.277 e. The average Bonchev–Trinajstić information content (AvgIpc) is 2.58. The Bertz CT molecular complexity index is 786. The molecule has 1 N–H and O–H groups in total. The molecule has 7 heteroatoms. The first kappa shape index (κ1) is 19.5. The van der Waals surface area contributed by atoms with Gasteiger partial charge in [-0.3, -0.25) is 4.79 Å². The molecule has 0 radical (unpaired) electrons. The average molecular weight is 473 g/mol. The first-order valence-corrected chi connectivity index (χ1v) is 8.91. The Balaban J connectivity index is 1.87. The highest BCUT2D eigenvalue weighted by Gasteiger charge is 2.06. The molecule has 5 nitrogen and oxygen atoms in total. The van der Waals surface area contributed by atoms with Crippen molar-refractivity contribution >= 4 is 46.3 Å². The number of hydrazone groups is 1. The number of hydrogen-bond donors (Lipinski definition) is 1. The molecule has 0 heterocycles. The molecule has 2 aromatic rings. The van der Waals surface area contributed by atoms with Crippen LogP contribution in [0.25, 0.3) is 0 Å². The number of aryl methyl sites for hydroxylation is 2. The van der Waals surface area contributed by atoms with Crippen molar-refractivity contribution in [3.63, 3.8) is 0 Å². The van der Waals surface area contributed by atoms with Crippen LogP contribution in [0.4, 0.5) is 0 Å². The molecule has 0 aliphatic carbocycles. The van der Waals surface area contributed by atoms with Gasteiger partial charge in [0.05, 0.1) is 16.9 Å². The molecule has 0 bridgehead atoms. The molecule has 132 valence electrons. The normalized spacial score (nSPS) is 10.8. The predicted octanol–water partition coefficient (Wildman–Crippen LogP) is 4.10. The van der Waals surface area contributed by atoms with Crippen molar-refractivity contribution < 1.29 is 14.3 Å². The van der Waals surface area contributed by atoms with Gasteiger partial charge in [0, 0.05) is 5.02 Å². The molecule has 1 amide bonds. The largest absolute Gasteiger partial charge is 0.496 e. The molecule has 0 aromatic heterocycles. The van der Waals surface area contributed by atoms with Gasteiger partial charge in [-0.25, -0.2) is 5.43 Å². The number of amides is 1. The van der Waals surface area contributed by atoms with E-state index in [-0.39, 0.29) is 12.5 Å². The minimum Gasteiger partial charge on any atom is -0.496 e. The van der Waals surface area contributed by atoms with E-state index in [0.29, 0.717) is 10.8 Å². The zero-order chi connectivity index (χ0) is 18.4. The summed E-state index contributed by atoms with van der Waals surface area (Å²) in [6, 6.07) is 9.20. The third-order valence-electron chi connectivity index (χ3n) is 3.36. The summed E-state index contributed by atoms with van der Waals surface area (Å²) in [6.07, 6.45) is 1.57. The highest BCUT2D eigenvalue weighted by atomic mass is 127. The van der Waals surface area contributed by atoms with Crippen LogP contribution < -0.4 is 14.9 Å². The molecule has 0 atom stereocenters. The number of halogens is 2. The van der Waals surface area contributed by atoms with Crippen molar-refractivity contribution in [2.24, 2.45) is 5.10 Å². The first-order chi connectivity index (χ1) is 11.9. The number of ether oxygens (including phenoxy) is 2. The lowest BCUT2D eigenvalue weighted by molar-refractivity contribution is -0.123. The molecule has 2 aromatic carbocycles. The van der Waals surface area contributed by atoms with Gasteiger partial charge in [0.1, 0.15) is 11.5 Å². The lowest BCUT2D eigenvalue weighted by Crippen LogP contribution is -2.24. The summed E-state index contributed by atoms with van der Waals surface area (Å²) in [7, 11) is 1.62. The maximum atomic E-state index is 11.8. The number of carbonyl (C=O) groups excluding carboxylic acids is 1. The Labute approximate surface area is 165 Å². The number of methoxy groups -OCH3 is 1. The van der Waals surface area contributed by atoms with Crippen LogP contribution in [0.2, 0.25) is 5.02 Å². The minimum atomic E-state index is -0.343. The number of benzene rings is 2. The van der Waals surface area contributed by atoms with E-state index in [4.69, 9.17) is 21.1 Å². The smallest absolute Gasteiger partial charge is 0.277 e. The molecular weight excluding hydrogens is 455 g/mol. The van der Waals surface area contributed by atoms with Crippen molar-refractivity contribution in [3.8, 4) is 11.5 Å². The lowest BCUT2D eigenvalue weighted by atomic mass is 10.1. The summed E-state index contributed by atoms with van der Waals surface area (Å²) in [5.41, 5.74) is 5.11. The van der Waals surface area contributed by atoms with Gasteiger partial charge in [0.25, 0.3) is 5.91 Å². The Hall–Kier alpha value is -1.80. The third kappa shape index (κ3) is 5.61. The van der Waals surface area contributed by atoms with Crippen LogP contribution in [0.3, 0.4) is 0 Å². The molecule has 0 saturated heterocycles. The molecule has 0 aliphatic rings. The van der Waals surface area contributed by atoms with Gasteiger partial charge in [-0.2, -0.15) is 5.10 Å². The summed E-state index contributed by atoms with van der Waals surface area (Å²) in [5.74, 6) is 1.05. The van der Waals surface area contributed by atoms with E-state index >= 15 is 0 Å². The molecule has 2 rings (SSSR count). The van der Waals surface area contributed by atoms with Crippen LogP contribution in [-0.2, 0) is 4.79 Å². The van der Waals surface area contributed by atoms with Gasteiger partial charge in [-0.1, -0.05) is 11.6 Å². The zero-order valence-electron chi connectivity index (χ0n) is 14.1. The highest BCUT2D eigenvalue weighted by molar-refractivity contribution is 14.1. The number of hydrogen-bond acceptors (Lipinski definition) is 4. The topological polar surface area (TPSA) is 59.9 Å². The van der Waals surface area contributed by atoms with Gasteiger partial charge in [-0.15, -0.1) is 0 Å². The van der Waals surface area contributed by atoms with E-state index in [1.165, 1.54) is 0 Å². The Kier molecular flexibility index (Phi) is 7.07. The standard InChI is InChI=1S/C18H18ClIN2O3/c1-11-6-14(7-12(2)18(11)19)25-10-17(23)22-21-9-13-4-5-16(24-3)15(20)8-13/h4-9H,10H2,1-3H3,(H,22,23)/b21-9-. The Morgan fingerprint density at radius 1 is 1.28 bits per heavy atom. The molecule has 0 aliphatic heterocycles. The minimum absolute atomic E-state index is 0.127. The molecule has 0 saturated carbocycles. The van der Waals surface area contributed by atoms with Crippen molar-refractivity contribution in [1.82, 2.24) is 5.43 Å². The van der Waals surface area contributed by atoms with E-state index in [1.54, 1.807) is 25.5 Å². The van der Waals surface area contributed by atoms with E-state index in [9.17, 15) is 4.79 Å². The second-order valence-corrected chi connectivity index (χ2v) is 6.89. The second-order valence-electron chi connectivity index (χ2n) is 5.35. The van der Waals surface area contributed by atoms with Crippen molar-refractivity contribution in [2.75, 3.05) is 13.7 Å². The number of carbonyl (C=O) groups is 1. The molecule has 0 fully saturated rings. The fourth-order valence-electron chi connectivity index (χ4n) is 2.11. The van der Waals surface area contributed by atoms with Crippen LogP contribution in [0.1, 0.15) is 16.7 Å². The summed E-state index contributed by atoms with van der Waals surface area (Å²) in [4.78, 5) is 11.8. The number of rotatable bonds is 6. The van der Waals surface area contributed by atoms with Gasteiger partial charge in [-0.05, 0) is 83.5 Å². The number of nitrogens with zero attached hydrogens (tertiary/aromatic N) is 1. The molecule has 0 spiro atoms. The zero-order valence-corrected chi connectivity index (χ0v) is 17.0. The Morgan fingerprint density at radius 2 is 1.96 bits per heavy atom. The summed E-state index contributed by atoms with van der Waals surface area (Å²) < 4.78 is 11.6. The predicted molar refractivity (Wildman–Crippen MR) is 108 cm³/mol. The van der Waals surface area contributed by atoms with E-state index in [2.05, 4.69) is 33.1 Å². The highest BCUT2D eigenvalue weighted by Crippen LogP contribution is 2.25. The number of nitrogens with one attached hydrogen (secondary N) is 1. The SMILES string of the molecule is COc1ccc(/C=N\NC(=O)COc2cc(C)c(Cl)c(C)c2)cc1I. The van der Waals surface area contributed by atoms with Gasteiger partial charge in [0.15, 0.2) is 6.61 Å². The Morgan fingerprint density at radius 3 is 2.56 bits per heavy atom. The van der Waals surface area contributed by atoms with E-state index in [1.807, 2.05) is 32.0 Å². The monoisotopic (exact) mass is 472 g/mol. The van der Waals surface area contributed by atoms with E-state index in [0.717, 1.165) is 26.0 Å². The van der Waals surface area contributed by atoms with Crippen LogP contribution in [0, 0.1) is 17.4 Å². The quantitative estimate of drug-likeness (QED) is 0.391. The fourth-order valence-corrected chi connectivity index (χ4v) is 2.98. The summed E-state index contributed by atoms with van der Waals surface area (Å²) in [5, 5.41) is 4.63. The van der Waals surface area contributed by atoms with E-state index < -0.39 is 0 Å². The summed E-state index contributed by atoms with van der Waals surface area (Å²) in [6.45, 7) is 3.66. The van der Waals surface area contributed by atoms with Gasteiger partial charge >= 0.3 is 0 Å². The van der Waals surface area contributed by atoms with Crippen LogP contribution in [0.5, 0.6) is 11.5 Å². The van der Waals surface area contributed by atoms with Gasteiger partial charge in [0.2, 0.25) is 0 Å². The van der Waals surface area contributed by atoms with Crippen molar-refractivity contribution in [3.05, 3.63) is 55.6 Å².